The Bertz CT molecular complexity index is 838. The van der Waals surface area contributed by atoms with Crippen LogP contribution in [0.25, 0.3) is 0 Å². The number of aromatic hydroxyl groups is 2. The Morgan fingerprint density at radius 1 is 0.485 bits per heavy atom. The van der Waals surface area contributed by atoms with Crippen molar-refractivity contribution in [3.63, 3.8) is 0 Å². The van der Waals surface area contributed by atoms with Crippen LogP contribution in [0.2, 0.25) is 0 Å². The molecule has 184 valence electrons. The maximum absolute atomic E-state index is 11.0. The summed E-state index contributed by atoms with van der Waals surface area (Å²) in [7, 11) is 0. The predicted molar refractivity (Wildman–Crippen MR) is 142 cm³/mol. The molecule has 0 aliphatic heterocycles. The highest BCUT2D eigenvalue weighted by molar-refractivity contribution is 5.51. The lowest BCUT2D eigenvalue weighted by Crippen LogP contribution is -2.21. The third kappa shape index (κ3) is 6.53. The average molecular weight is 454 g/mol. The molecule has 0 aliphatic carbocycles. The second kappa shape index (κ2) is 8.98. The highest BCUT2D eigenvalue weighted by atomic mass is 16.3. The number of benzene rings is 2. The number of phenolic OH excluding ortho intramolecular Hbond substituents is 2. The van der Waals surface area contributed by atoms with E-state index in [-0.39, 0.29) is 21.7 Å². The zero-order chi connectivity index (χ0) is 25.6. The minimum Gasteiger partial charge on any atom is -0.507 e. The van der Waals surface area contributed by atoms with Crippen molar-refractivity contribution in [3.05, 3.63) is 57.6 Å². The Hall–Kier alpha value is -2.00. The van der Waals surface area contributed by atoms with Crippen LogP contribution in [0, 0.1) is 0 Å². The SMILES string of the molecule is CC(C)(C)c1cc(CNCc2cc(C(C)(C)C)c(O)c(C(C)(C)C)c2)cc(C(C)(C)C)c1O. The Balaban J connectivity index is 2.39. The van der Waals surface area contributed by atoms with Crippen LogP contribution in [0.1, 0.15) is 116 Å². The molecule has 0 unspecified atom stereocenters. The van der Waals surface area contributed by atoms with E-state index in [9.17, 15) is 10.2 Å². The molecule has 0 spiro atoms. The summed E-state index contributed by atoms with van der Waals surface area (Å²) in [6, 6.07) is 8.54. The summed E-state index contributed by atoms with van der Waals surface area (Å²) in [5.41, 5.74) is 5.74. The molecule has 2 aromatic carbocycles. The molecule has 0 saturated heterocycles. The normalized spacial score (nSPS) is 13.5. The zero-order valence-corrected chi connectivity index (χ0v) is 23.1. The lowest BCUT2D eigenvalue weighted by molar-refractivity contribution is 0.422. The first-order chi connectivity index (χ1) is 14.7. The quantitative estimate of drug-likeness (QED) is 0.447. The average Bonchev–Trinajstić information content (AvgIpc) is 2.60. The van der Waals surface area contributed by atoms with E-state index in [1.54, 1.807) is 0 Å². The van der Waals surface area contributed by atoms with Gasteiger partial charge in [0.25, 0.3) is 0 Å². The largest absolute Gasteiger partial charge is 0.507 e. The zero-order valence-electron chi connectivity index (χ0n) is 23.1. The van der Waals surface area contributed by atoms with Gasteiger partial charge in [0.1, 0.15) is 11.5 Å². The van der Waals surface area contributed by atoms with Crippen LogP contribution in [0.5, 0.6) is 11.5 Å². The molecule has 2 rings (SSSR count). The summed E-state index contributed by atoms with van der Waals surface area (Å²) < 4.78 is 0. The molecule has 3 heteroatoms. The van der Waals surface area contributed by atoms with Gasteiger partial charge in [-0.15, -0.1) is 0 Å². The molecule has 0 bridgehead atoms. The van der Waals surface area contributed by atoms with Gasteiger partial charge in [0.05, 0.1) is 0 Å². The van der Waals surface area contributed by atoms with E-state index in [0.29, 0.717) is 24.6 Å². The third-order valence-electron chi connectivity index (χ3n) is 6.23. The van der Waals surface area contributed by atoms with Crippen molar-refractivity contribution in [2.75, 3.05) is 0 Å². The molecule has 0 atom stereocenters. The summed E-state index contributed by atoms with van der Waals surface area (Å²) in [5.74, 6) is 0.837. The molecular formula is C30H47NO2. The van der Waals surface area contributed by atoms with Crippen LogP contribution in [-0.2, 0) is 34.7 Å². The molecule has 3 N–H and O–H groups in total. The van der Waals surface area contributed by atoms with Crippen LogP contribution < -0.4 is 5.32 Å². The monoisotopic (exact) mass is 453 g/mol. The smallest absolute Gasteiger partial charge is 0.123 e. The van der Waals surface area contributed by atoms with Crippen molar-refractivity contribution in [3.8, 4) is 11.5 Å². The van der Waals surface area contributed by atoms with Gasteiger partial charge in [-0.25, -0.2) is 0 Å². The summed E-state index contributed by atoms with van der Waals surface area (Å²) in [4.78, 5) is 0. The summed E-state index contributed by atoms with van der Waals surface area (Å²) >= 11 is 0. The second-order valence-electron chi connectivity index (χ2n) is 13.7. The standard InChI is InChI=1S/C30H47NO2/c1-27(2,3)21-13-19(14-22(25(21)32)28(4,5)6)17-31-18-20-15-23(29(7,8)9)26(33)24(16-20)30(10,11)12/h13-16,31-33H,17-18H2,1-12H3. The fraction of sp³-hybridized carbons (Fsp3) is 0.600. The van der Waals surface area contributed by atoms with E-state index in [1.165, 1.54) is 11.1 Å². The number of phenols is 2. The highest BCUT2D eigenvalue weighted by Gasteiger charge is 2.28. The summed E-state index contributed by atoms with van der Waals surface area (Å²) in [6.07, 6.45) is 0. The molecule has 0 saturated carbocycles. The van der Waals surface area contributed by atoms with Gasteiger partial charge in [-0.2, -0.15) is 0 Å². The second-order valence-corrected chi connectivity index (χ2v) is 13.7. The van der Waals surface area contributed by atoms with Crippen molar-refractivity contribution >= 4 is 0 Å². The Kier molecular flexibility index (Phi) is 7.42. The highest BCUT2D eigenvalue weighted by Crippen LogP contribution is 2.41. The van der Waals surface area contributed by atoms with Crippen LogP contribution in [0.15, 0.2) is 24.3 Å². The maximum atomic E-state index is 11.0. The summed E-state index contributed by atoms with van der Waals surface area (Å²) in [5, 5.41) is 25.6. The molecule has 0 fully saturated rings. The molecule has 0 amide bonds. The van der Waals surface area contributed by atoms with Gasteiger partial charge in [-0.3, -0.25) is 0 Å². The van der Waals surface area contributed by atoms with E-state index >= 15 is 0 Å². The van der Waals surface area contributed by atoms with Crippen molar-refractivity contribution in [2.45, 2.75) is 118 Å². The molecule has 3 nitrogen and oxygen atoms in total. The Morgan fingerprint density at radius 2 is 0.697 bits per heavy atom. The van der Waals surface area contributed by atoms with Crippen LogP contribution in [0.4, 0.5) is 0 Å². The summed E-state index contributed by atoms with van der Waals surface area (Å²) in [6.45, 7) is 27.1. The Labute approximate surface area is 202 Å². The fourth-order valence-corrected chi connectivity index (χ4v) is 4.23. The number of hydrogen-bond acceptors (Lipinski definition) is 3. The van der Waals surface area contributed by atoms with Gasteiger partial charge >= 0.3 is 0 Å². The van der Waals surface area contributed by atoms with Crippen molar-refractivity contribution < 1.29 is 10.2 Å². The third-order valence-corrected chi connectivity index (χ3v) is 6.23. The molecule has 2 aromatic rings. The van der Waals surface area contributed by atoms with Crippen LogP contribution >= 0.6 is 0 Å². The van der Waals surface area contributed by atoms with E-state index in [2.05, 4.69) is 113 Å². The van der Waals surface area contributed by atoms with E-state index in [0.717, 1.165) is 22.3 Å². The Morgan fingerprint density at radius 3 is 0.879 bits per heavy atom. The van der Waals surface area contributed by atoms with Gasteiger partial charge in [0.2, 0.25) is 0 Å². The molecule has 0 aliphatic rings. The van der Waals surface area contributed by atoms with Gasteiger partial charge in [0, 0.05) is 13.1 Å². The topological polar surface area (TPSA) is 52.5 Å². The van der Waals surface area contributed by atoms with E-state index < -0.39 is 0 Å². The molecule has 0 aromatic heterocycles. The molecular weight excluding hydrogens is 406 g/mol. The number of rotatable bonds is 4. The first-order valence-electron chi connectivity index (χ1n) is 12.2. The minimum absolute atomic E-state index is 0.139. The van der Waals surface area contributed by atoms with Crippen LogP contribution in [-0.4, -0.2) is 10.2 Å². The van der Waals surface area contributed by atoms with Gasteiger partial charge in [-0.1, -0.05) is 107 Å². The van der Waals surface area contributed by atoms with E-state index in [1.807, 2.05) is 0 Å². The van der Waals surface area contributed by atoms with Crippen molar-refractivity contribution in [1.29, 1.82) is 0 Å². The maximum Gasteiger partial charge on any atom is 0.123 e. The van der Waals surface area contributed by atoms with Gasteiger partial charge < -0.3 is 15.5 Å². The van der Waals surface area contributed by atoms with Crippen LogP contribution in [0.3, 0.4) is 0 Å². The number of hydrogen-bond donors (Lipinski definition) is 3. The van der Waals surface area contributed by atoms with Crippen molar-refractivity contribution in [2.24, 2.45) is 0 Å². The number of nitrogens with one attached hydrogen (secondary N) is 1. The molecule has 33 heavy (non-hydrogen) atoms. The predicted octanol–water partition coefficient (Wildman–Crippen LogP) is 7.58. The fourth-order valence-electron chi connectivity index (χ4n) is 4.23. The minimum atomic E-state index is -0.139. The van der Waals surface area contributed by atoms with Crippen molar-refractivity contribution in [1.82, 2.24) is 5.32 Å². The molecule has 0 heterocycles. The van der Waals surface area contributed by atoms with Gasteiger partial charge in [0.15, 0.2) is 0 Å². The first-order valence-corrected chi connectivity index (χ1v) is 12.2. The lowest BCUT2D eigenvalue weighted by Gasteiger charge is -2.29. The lowest BCUT2D eigenvalue weighted by atomic mass is 9.78. The molecule has 0 radical (unpaired) electrons. The first kappa shape index (κ1) is 27.2. The van der Waals surface area contributed by atoms with E-state index in [4.69, 9.17) is 0 Å². The van der Waals surface area contributed by atoms with Gasteiger partial charge in [-0.05, 0) is 55.0 Å².